The first-order chi connectivity index (χ1) is 14.6. The van der Waals surface area contributed by atoms with Crippen molar-refractivity contribution in [3.05, 3.63) is 30.4 Å². The zero-order valence-electron chi connectivity index (χ0n) is 17.3. The number of alkyl halides is 2. The van der Waals surface area contributed by atoms with Crippen LogP contribution in [-0.4, -0.2) is 30.9 Å². The van der Waals surface area contributed by atoms with Crippen molar-refractivity contribution in [3.8, 4) is 11.1 Å². The van der Waals surface area contributed by atoms with E-state index < -0.39 is 6.43 Å². The zero-order valence-corrected chi connectivity index (χ0v) is 17.3. The van der Waals surface area contributed by atoms with Crippen LogP contribution in [0, 0.1) is 11.8 Å². The van der Waals surface area contributed by atoms with Crippen molar-refractivity contribution in [1.29, 1.82) is 0 Å². The van der Waals surface area contributed by atoms with Crippen LogP contribution in [0.5, 0.6) is 0 Å². The summed E-state index contributed by atoms with van der Waals surface area (Å²) in [5.74, 6) is 2.15. The molecule has 0 aromatic carbocycles. The lowest BCUT2D eigenvalue weighted by molar-refractivity contribution is 0.144. The molecular formula is C22H28F2N6. The van der Waals surface area contributed by atoms with Crippen molar-refractivity contribution in [3.63, 3.8) is 0 Å². The SMILES string of the molecule is CC1CCC(n2cc(-c3cnn4ccc(NCC5CCC5)nc34)c(C(F)F)n2)CC1. The highest BCUT2D eigenvalue weighted by Gasteiger charge is 2.27. The molecule has 0 bridgehead atoms. The molecule has 0 spiro atoms. The molecule has 2 fully saturated rings. The van der Waals surface area contributed by atoms with Gasteiger partial charge in [0.1, 0.15) is 11.5 Å². The van der Waals surface area contributed by atoms with E-state index in [4.69, 9.17) is 0 Å². The average molecular weight is 415 g/mol. The first-order valence-electron chi connectivity index (χ1n) is 11.0. The fraction of sp³-hybridized carbons (Fsp3) is 0.591. The summed E-state index contributed by atoms with van der Waals surface area (Å²) < 4.78 is 31.1. The summed E-state index contributed by atoms with van der Waals surface area (Å²) in [6, 6.07) is 2.06. The van der Waals surface area contributed by atoms with Gasteiger partial charge >= 0.3 is 0 Å². The Morgan fingerprint density at radius 2 is 1.93 bits per heavy atom. The van der Waals surface area contributed by atoms with E-state index in [0.717, 1.165) is 38.0 Å². The topological polar surface area (TPSA) is 60.0 Å². The minimum atomic E-state index is -2.64. The number of fused-ring (bicyclic) bond motifs is 1. The predicted molar refractivity (Wildman–Crippen MR) is 112 cm³/mol. The van der Waals surface area contributed by atoms with Crippen LogP contribution in [0.25, 0.3) is 16.8 Å². The van der Waals surface area contributed by atoms with Gasteiger partial charge in [0.15, 0.2) is 5.65 Å². The lowest BCUT2D eigenvalue weighted by Crippen LogP contribution is -2.21. The molecule has 0 radical (unpaired) electrons. The number of rotatable bonds is 6. The van der Waals surface area contributed by atoms with Crippen molar-refractivity contribution in [2.75, 3.05) is 11.9 Å². The number of anilines is 1. The minimum absolute atomic E-state index is 0.182. The number of hydrogen-bond acceptors (Lipinski definition) is 4. The molecule has 0 atom stereocenters. The van der Waals surface area contributed by atoms with Crippen LogP contribution in [0.4, 0.5) is 14.6 Å². The molecule has 0 saturated heterocycles. The molecule has 160 valence electrons. The van der Waals surface area contributed by atoms with E-state index in [1.807, 2.05) is 12.3 Å². The van der Waals surface area contributed by atoms with Crippen molar-refractivity contribution < 1.29 is 8.78 Å². The maximum Gasteiger partial charge on any atom is 0.282 e. The molecule has 2 saturated carbocycles. The molecule has 5 rings (SSSR count). The molecule has 6 nitrogen and oxygen atoms in total. The van der Waals surface area contributed by atoms with Gasteiger partial charge in [0.05, 0.1) is 17.8 Å². The number of nitrogens with one attached hydrogen (secondary N) is 1. The van der Waals surface area contributed by atoms with Gasteiger partial charge < -0.3 is 5.32 Å². The van der Waals surface area contributed by atoms with Gasteiger partial charge in [0.2, 0.25) is 0 Å². The molecule has 2 aliphatic rings. The highest BCUT2D eigenvalue weighted by Crippen LogP contribution is 2.37. The Morgan fingerprint density at radius 3 is 2.63 bits per heavy atom. The minimum Gasteiger partial charge on any atom is -0.370 e. The Labute approximate surface area is 174 Å². The monoisotopic (exact) mass is 414 g/mol. The highest BCUT2D eigenvalue weighted by atomic mass is 19.3. The van der Waals surface area contributed by atoms with Crippen molar-refractivity contribution in [1.82, 2.24) is 24.4 Å². The van der Waals surface area contributed by atoms with Gasteiger partial charge in [0, 0.05) is 24.5 Å². The third-order valence-corrected chi connectivity index (χ3v) is 6.78. The van der Waals surface area contributed by atoms with Crippen LogP contribution in [0.2, 0.25) is 0 Å². The molecule has 30 heavy (non-hydrogen) atoms. The molecule has 8 heteroatoms. The second kappa shape index (κ2) is 7.96. The number of nitrogens with zero attached hydrogens (tertiary/aromatic N) is 5. The summed E-state index contributed by atoms with van der Waals surface area (Å²) in [5.41, 5.74) is 1.43. The second-order valence-corrected chi connectivity index (χ2v) is 8.94. The summed E-state index contributed by atoms with van der Waals surface area (Å²) >= 11 is 0. The summed E-state index contributed by atoms with van der Waals surface area (Å²) in [6.45, 7) is 3.14. The van der Waals surface area contributed by atoms with Gasteiger partial charge in [-0.3, -0.25) is 4.68 Å². The smallest absolute Gasteiger partial charge is 0.282 e. The lowest BCUT2D eigenvalue weighted by Gasteiger charge is -2.26. The highest BCUT2D eigenvalue weighted by molar-refractivity contribution is 5.79. The molecule has 0 aliphatic heterocycles. The first-order valence-corrected chi connectivity index (χ1v) is 11.0. The molecule has 0 amide bonds. The molecular weight excluding hydrogens is 386 g/mol. The van der Waals surface area contributed by atoms with Gasteiger partial charge in [-0.05, 0) is 56.4 Å². The summed E-state index contributed by atoms with van der Waals surface area (Å²) in [7, 11) is 0. The maximum absolute atomic E-state index is 13.9. The summed E-state index contributed by atoms with van der Waals surface area (Å²) in [6.07, 6.45) is 10.6. The van der Waals surface area contributed by atoms with E-state index >= 15 is 0 Å². The quantitative estimate of drug-likeness (QED) is 0.579. The fourth-order valence-electron chi connectivity index (χ4n) is 4.57. The normalized spacial score (nSPS) is 22.5. The van der Waals surface area contributed by atoms with Crippen LogP contribution in [0.3, 0.4) is 0 Å². The molecule has 3 aromatic rings. The zero-order chi connectivity index (χ0) is 20.7. The Kier molecular flexibility index (Phi) is 5.16. The fourth-order valence-corrected chi connectivity index (χ4v) is 4.57. The van der Waals surface area contributed by atoms with E-state index in [0.29, 0.717) is 28.6 Å². The third kappa shape index (κ3) is 3.68. The van der Waals surface area contributed by atoms with Crippen molar-refractivity contribution >= 4 is 11.5 Å². The number of aromatic nitrogens is 5. The van der Waals surface area contributed by atoms with Crippen LogP contribution < -0.4 is 5.32 Å². The van der Waals surface area contributed by atoms with E-state index in [-0.39, 0.29) is 11.7 Å². The average Bonchev–Trinajstić information content (AvgIpc) is 3.31. The Morgan fingerprint density at radius 1 is 1.13 bits per heavy atom. The van der Waals surface area contributed by atoms with Gasteiger partial charge in [-0.15, -0.1) is 0 Å². The molecule has 2 aliphatic carbocycles. The first kappa shape index (κ1) is 19.5. The van der Waals surface area contributed by atoms with Gasteiger partial charge in [-0.2, -0.15) is 10.2 Å². The van der Waals surface area contributed by atoms with Crippen molar-refractivity contribution in [2.24, 2.45) is 11.8 Å². The van der Waals surface area contributed by atoms with E-state index in [2.05, 4.69) is 27.4 Å². The van der Waals surface area contributed by atoms with Crippen LogP contribution in [-0.2, 0) is 0 Å². The Bertz CT molecular complexity index is 1010. The molecule has 3 aromatic heterocycles. The van der Waals surface area contributed by atoms with E-state index in [1.165, 1.54) is 19.3 Å². The molecule has 3 heterocycles. The van der Waals surface area contributed by atoms with E-state index in [9.17, 15) is 8.78 Å². The predicted octanol–water partition coefficient (Wildman–Crippen LogP) is 5.49. The van der Waals surface area contributed by atoms with Crippen LogP contribution in [0.1, 0.15) is 70.0 Å². The van der Waals surface area contributed by atoms with E-state index in [1.54, 1.807) is 21.6 Å². The number of hydrogen-bond donors (Lipinski definition) is 1. The summed E-state index contributed by atoms with van der Waals surface area (Å²) in [4.78, 5) is 4.68. The van der Waals surface area contributed by atoms with Gasteiger partial charge in [-0.1, -0.05) is 13.3 Å². The standard InChI is InChI=1S/C22H28F2N6/c1-14-5-7-16(8-6-14)30-13-18(20(28-30)21(23)24)17-12-26-29-10-9-19(27-22(17)29)25-11-15-3-2-4-15/h9-10,12-16,21H,2-8,11H2,1H3,(H,25,27). The Hall–Kier alpha value is -2.51. The summed E-state index contributed by atoms with van der Waals surface area (Å²) in [5, 5.41) is 12.0. The molecule has 1 N–H and O–H groups in total. The molecule has 0 unspecified atom stereocenters. The maximum atomic E-state index is 13.9. The third-order valence-electron chi connectivity index (χ3n) is 6.78. The Balaban J connectivity index is 1.47. The van der Waals surface area contributed by atoms with Crippen molar-refractivity contribution in [2.45, 2.75) is 64.3 Å². The van der Waals surface area contributed by atoms with Crippen LogP contribution >= 0.6 is 0 Å². The van der Waals surface area contributed by atoms with Gasteiger partial charge in [-0.25, -0.2) is 18.3 Å². The van der Waals surface area contributed by atoms with Crippen LogP contribution in [0.15, 0.2) is 24.7 Å². The van der Waals surface area contributed by atoms with Gasteiger partial charge in [0.25, 0.3) is 6.43 Å². The lowest BCUT2D eigenvalue weighted by atomic mass is 9.85. The largest absolute Gasteiger partial charge is 0.370 e. The number of halogens is 2. The second-order valence-electron chi connectivity index (χ2n) is 8.94.